The molecule has 4 heteroatoms. The predicted octanol–water partition coefficient (Wildman–Crippen LogP) is 3.04. The molecule has 20 heavy (non-hydrogen) atoms. The van der Waals surface area contributed by atoms with Crippen LogP contribution in [0.1, 0.15) is 43.7 Å². The van der Waals surface area contributed by atoms with Crippen molar-refractivity contribution in [2.45, 2.75) is 43.4 Å². The third kappa shape index (κ3) is 4.06. The van der Waals surface area contributed by atoms with E-state index in [1.165, 1.54) is 24.8 Å². The van der Waals surface area contributed by atoms with E-state index in [1.54, 1.807) is 7.11 Å². The van der Waals surface area contributed by atoms with Crippen LogP contribution in [-0.2, 0) is 10.8 Å². The first-order chi connectivity index (χ1) is 9.74. The highest BCUT2D eigenvalue weighted by Gasteiger charge is 2.22. The lowest BCUT2D eigenvalue weighted by molar-refractivity contribution is 0.414. The Labute approximate surface area is 124 Å². The molecule has 0 bridgehead atoms. The van der Waals surface area contributed by atoms with Crippen LogP contribution in [-0.4, -0.2) is 29.4 Å². The number of ether oxygens (including phenoxy) is 1. The molecular weight excluding hydrogens is 270 g/mol. The van der Waals surface area contributed by atoms with Crippen LogP contribution in [0, 0.1) is 0 Å². The van der Waals surface area contributed by atoms with Gasteiger partial charge < -0.3 is 10.1 Å². The summed E-state index contributed by atoms with van der Waals surface area (Å²) in [6.45, 7) is 0. The molecule has 2 rings (SSSR count). The van der Waals surface area contributed by atoms with E-state index in [1.807, 2.05) is 19.2 Å². The molecule has 0 radical (unpaired) electrons. The lowest BCUT2D eigenvalue weighted by Crippen LogP contribution is -2.28. The molecule has 1 saturated carbocycles. The number of benzene rings is 1. The average molecular weight is 295 g/mol. The summed E-state index contributed by atoms with van der Waals surface area (Å²) in [6.07, 6.45) is 6.05. The van der Waals surface area contributed by atoms with Crippen LogP contribution in [0.15, 0.2) is 24.3 Å². The maximum atomic E-state index is 12.5. The molecule has 0 amide bonds. The van der Waals surface area contributed by atoms with Crippen LogP contribution in [0.3, 0.4) is 0 Å². The van der Waals surface area contributed by atoms with Crippen LogP contribution >= 0.6 is 0 Å². The van der Waals surface area contributed by atoms with Crippen molar-refractivity contribution < 1.29 is 8.95 Å². The smallest absolute Gasteiger partial charge is 0.118 e. The summed E-state index contributed by atoms with van der Waals surface area (Å²) in [5.74, 6) is 1.56. The summed E-state index contributed by atoms with van der Waals surface area (Å²) in [4.78, 5) is 0. The molecular formula is C16H25NO2S. The fourth-order valence-corrected chi connectivity index (χ4v) is 4.63. The van der Waals surface area contributed by atoms with Crippen molar-refractivity contribution in [2.24, 2.45) is 0 Å². The van der Waals surface area contributed by atoms with Gasteiger partial charge in [0.15, 0.2) is 0 Å². The average Bonchev–Trinajstić information content (AvgIpc) is 2.53. The molecule has 1 N–H and O–H groups in total. The zero-order chi connectivity index (χ0) is 14.4. The van der Waals surface area contributed by atoms with Gasteiger partial charge in [0.1, 0.15) is 5.75 Å². The van der Waals surface area contributed by atoms with E-state index < -0.39 is 10.8 Å². The van der Waals surface area contributed by atoms with Crippen LogP contribution in [0.25, 0.3) is 0 Å². The molecule has 1 aliphatic rings. The Kier molecular flexibility index (Phi) is 6.05. The van der Waals surface area contributed by atoms with Crippen LogP contribution in [0.2, 0.25) is 0 Å². The minimum absolute atomic E-state index is 0.156. The first-order valence-electron chi connectivity index (χ1n) is 7.43. The SMILES string of the molecule is CNC(CS(=O)C1CCCCC1)c1ccc(OC)cc1. The van der Waals surface area contributed by atoms with Crippen LogP contribution < -0.4 is 10.1 Å². The Morgan fingerprint density at radius 2 is 1.90 bits per heavy atom. The van der Waals surface area contributed by atoms with Gasteiger partial charge in [0.2, 0.25) is 0 Å². The second-order valence-corrected chi connectivity index (χ2v) is 7.18. The van der Waals surface area contributed by atoms with Gasteiger partial charge in [0.25, 0.3) is 0 Å². The summed E-state index contributed by atoms with van der Waals surface area (Å²) >= 11 is 0. The number of methoxy groups -OCH3 is 1. The Morgan fingerprint density at radius 3 is 2.45 bits per heavy atom. The van der Waals surface area contributed by atoms with Crippen molar-refractivity contribution >= 4 is 10.8 Å². The Morgan fingerprint density at radius 1 is 1.25 bits per heavy atom. The van der Waals surface area contributed by atoms with Crippen LogP contribution in [0.4, 0.5) is 0 Å². The molecule has 0 heterocycles. The molecule has 3 nitrogen and oxygen atoms in total. The topological polar surface area (TPSA) is 38.3 Å². The number of rotatable bonds is 6. The van der Waals surface area contributed by atoms with E-state index in [9.17, 15) is 4.21 Å². The molecule has 2 atom stereocenters. The molecule has 1 aromatic carbocycles. The lowest BCUT2D eigenvalue weighted by Gasteiger charge is -2.24. The molecule has 0 aliphatic heterocycles. The quantitative estimate of drug-likeness (QED) is 0.876. The molecule has 1 aliphatic carbocycles. The Balaban J connectivity index is 1.98. The number of hydrogen-bond donors (Lipinski definition) is 1. The largest absolute Gasteiger partial charge is 0.497 e. The summed E-state index contributed by atoms with van der Waals surface area (Å²) in [5.41, 5.74) is 1.18. The second kappa shape index (κ2) is 7.79. The normalized spacial score (nSPS) is 19.5. The maximum absolute atomic E-state index is 12.5. The summed E-state index contributed by atoms with van der Waals surface area (Å²) in [5, 5.41) is 3.69. The van der Waals surface area contributed by atoms with E-state index in [0.29, 0.717) is 11.0 Å². The standard InChI is InChI=1S/C16H25NO2S/c1-17-16(13-8-10-14(19-2)11-9-13)12-20(18)15-6-4-3-5-7-15/h8-11,15-17H,3-7,12H2,1-2H3. The van der Waals surface area contributed by atoms with Crippen LogP contribution in [0.5, 0.6) is 5.75 Å². The van der Waals surface area contributed by atoms with Gasteiger partial charge in [0, 0.05) is 27.8 Å². The molecule has 2 unspecified atom stereocenters. The molecule has 112 valence electrons. The summed E-state index contributed by atoms with van der Waals surface area (Å²) in [7, 11) is 2.87. The first kappa shape index (κ1) is 15.5. The molecule has 0 saturated heterocycles. The van der Waals surface area contributed by atoms with Gasteiger partial charge in [-0.15, -0.1) is 0 Å². The van der Waals surface area contributed by atoms with Crippen molar-refractivity contribution in [3.05, 3.63) is 29.8 Å². The van der Waals surface area contributed by atoms with Gasteiger partial charge >= 0.3 is 0 Å². The van der Waals surface area contributed by atoms with Gasteiger partial charge in [0.05, 0.1) is 7.11 Å². The van der Waals surface area contributed by atoms with E-state index in [-0.39, 0.29) is 6.04 Å². The van der Waals surface area contributed by atoms with Gasteiger partial charge in [-0.2, -0.15) is 0 Å². The second-order valence-electron chi connectivity index (χ2n) is 5.42. The Hall–Kier alpha value is -0.870. The van der Waals surface area contributed by atoms with E-state index >= 15 is 0 Å². The monoisotopic (exact) mass is 295 g/mol. The molecule has 1 aromatic rings. The Bertz CT molecular complexity index is 427. The van der Waals surface area contributed by atoms with E-state index in [0.717, 1.165) is 18.6 Å². The number of nitrogens with one attached hydrogen (secondary N) is 1. The van der Waals surface area contributed by atoms with Gasteiger partial charge in [-0.25, -0.2) is 0 Å². The maximum Gasteiger partial charge on any atom is 0.118 e. The highest BCUT2D eigenvalue weighted by Crippen LogP contribution is 2.25. The van der Waals surface area contributed by atoms with E-state index in [4.69, 9.17) is 4.74 Å². The summed E-state index contributed by atoms with van der Waals surface area (Å²) < 4.78 is 17.7. The molecule has 0 spiro atoms. The minimum Gasteiger partial charge on any atom is -0.497 e. The van der Waals surface area contributed by atoms with Gasteiger partial charge in [-0.05, 0) is 37.6 Å². The van der Waals surface area contributed by atoms with Crippen molar-refractivity contribution in [3.8, 4) is 5.75 Å². The fourth-order valence-electron chi connectivity index (χ4n) is 2.81. The third-order valence-electron chi connectivity index (χ3n) is 4.12. The number of hydrogen-bond acceptors (Lipinski definition) is 3. The van der Waals surface area contributed by atoms with Crippen molar-refractivity contribution in [3.63, 3.8) is 0 Å². The predicted molar refractivity (Wildman–Crippen MR) is 84.7 cm³/mol. The molecule has 1 fully saturated rings. The van der Waals surface area contributed by atoms with Crippen molar-refractivity contribution in [1.29, 1.82) is 0 Å². The zero-order valence-electron chi connectivity index (χ0n) is 12.4. The molecule has 0 aromatic heterocycles. The third-order valence-corrected chi connectivity index (χ3v) is 6.00. The lowest BCUT2D eigenvalue weighted by atomic mass is 10.0. The van der Waals surface area contributed by atoms with E-state index in [2.05, 4.69) is 17.4 Å². The van der Waals surface area contributed by atoms with Crippen molar-refractivity contribution in [1.82, 2.24) is 5.32 Å². The van der Waals surface area contributed by atoms with Gasteiger partial charge in [-0.1, -0.05) is 31.4 Å². The first-order valence-corrected chi connectivity index (χ1v) is 8.81. The highest BCUT2D eigenvalue weighted by molar-refractivity contribution is 7.85. The van der Waals surface area contributed by atoms with Crippen molar-refractivity contribution in [2.75, 3.05) is 19.9 Å². The van der Waals surface area contributed by atoms with Gasteiger partial charge in [-0.3, -0.25) is 4.21 Å². The highest BCUT2D eigenvalue weighted by atomic mass is 32.2. The minimum atomic E-state index is -0.738. The zero-order valence-corrected chi connectivity index (χ0v) is 13.2. The summed E-state index contributed by atoms with van der Waals surface area (Å²) in [6, 6.07) is 8.19. The fraction of sp³-hybridized carbons (Fsp3) is 0.625.